The highest BCUT2D eigenvalue weighted by Crippen LogP contribution is 2.17. The fraction of sp³-hybridized carbons (Fsp3) is 0.429. The molecule has 0 radical (unpaired) electrons. The van der Waals surface area contributed by atoms with Gasteiger partial charge in [-0.1, -0.05) is 0 Å². The second-order valence-electron chi connectivity index (χ2n) is 5.07. The number of hydrogen-bond donors (Lipinski definition) is 0. The van der Waals surface area contributed by atoms with Crippen molar-refractivity contribution in [2.45, 2.75) is 0 Å². The Balaban J connectivity index is 1.66. The van der Waals surface area contributed by atoms with Gasteiger partial charge in [0.15, 0.2) is 5.75 Å². The van der Waals surface area contributed by atoms with Gasteiger partial charge in [0.2, 0.25) is 5.95 Å². The van der Waals surface area contributed by atoms with Crippen LogP contribution >= 0.6 is 0 Å². The summed E-state index contributed by atoms with van der Waals surface area (Å²) in [5.74, 6) is 1.34. The third-order valence-corrected chi connectivity index (χ3v) is 3.73. The Hall–Kier alpha value is -2.64. The van der Waals surface area contributed by atoms with Crippen molar-refractivity contribution in [1.29, 1.82) is 0 Å². The van der Waals surface area contributed by atoms with Gasteiger partial charge in [0.25, 0.3) is 5.56 Å². The molecule has 0 atom stereocenters. The molecule has 8 nitrogen and oxygen atoms in total. The first kappa shape index (κ1) is 14.3. The number of rotatable bonds is 3. The van der Waals surface area contributed by atoms with Crippen molar-refractivity contribution in [3.63, 3.8) is 0 Å². The van der Waals surface area contributed by atoms with Crippen LogP contribution in [0.2, 0.25) is 0 Å². The number of nitrogens with zero attached hydrogens (tertiary/aromatic N) is 6. The Bertz CT molecular complexity index is 691. The molecule has 8 heteroatoms. The number of aromatic nitrogens is 4. The Kier molecular flexibility index (Phi) is 3.90. The molecule has 2 aromatic heterocycles. The van der Waals surface area contributed by atoms with Gasteiger partial charge in [-0.3, -0.25) is 4.79 Å². The molecule has 116 valence electrons. The first-order valence-electron chi connectivity index (χ1n) is 7.06. The van der Waals surface area contributed by atoms with E-state index in [9.17, 15) is 4.79 Å². The van der Waals surface area contributed by atoms with Crippen LogP contribution in [0.3, 0.4) is 0 Å². The van der Waals surface area contributed by atoms with Crippen LogP contribution in [0, 0.1) is 0 Å². The standard InChI is InChI=1S/C14H18N6O2/c1-18-13(21)7-11(8-17-18)19-3-5-20(6-4-19)14-15-9-12(22-2)10-16-14/h7-10H,3-6H2,1-2H3. The summed E-state index contributed by atoms with van der Waals surface area (Å²) >= 11 is 0. The summed E-state index contributed by atoms with van der Waals surface area (Å²) in [5.41, 5.74) is 0.761. The molecule has 1 fully saturated rings. The van der Waals surface area contributed by atoms with E-state index in [1.165, 1.54) is 4.68 Å². The third-order valence-electron chi connectivity index (χ3n) is 3.73. The minimum absolute atomic E-state index is 0.0987. The maximum absolute atomic E-state index is 11.7. The molecule has 0 aliphatic carbocycles. The molecular weight excluding hydrogens is 284 g/mol. The van der Waals surface area contributed by atoms with E-state index in [0.29, 0.717) is 11.7 Å². The van der Waals surface area contributed by atoms with Crippen molar-refractivity contribution in [3.8, 4) is 5.75 Å². The highest BCUT2D eigenvalue weighted by molar-refractivity contribution is 5.45. The first-order chi connectivity index (χ1) is 10.7. The van der Waals surface area contributed by atoms with Gasteiger partial charge in [0.05, 0.1) is 31.4 Å². The lowest BCUT2D eigenvalue weighted by Gasteiger charge is -2.35. The predicted molar refractivity (Wildman–Crippen MR) is 82.5 cm³/mol. The average Bonchev–Trinajstić information content (AvgIpc) is 2.58. The molecule has 1 saturated heterocycles. The molecule has 0 saturated carbocycles. The van der Waals surface area contributed by atoms with Gasteiger partial charge in [-0.25, -0.2) is 14.6 Å². The summed E-state index contributed by atoms with van der Waals surface area (Å²) in [7, 11) is 3.24. The normalized spacial score (nSPS) is 15.0. The van der Waals surface area contributed by atoms with Crippen LogP contribution in [0.25, 0.3) is 0 Å². The second-order valence-corrected chi connectivity index (χ2v) is 5.07. The van der Waals surface area contributed by atoms with Gasteiger partial charge in [-0.05, 0) is 0 Å². The Labute approximate surface area is 128 Å². The Morgan fingerprint density at radius 2 is 1.68 bits per heavy atom. The van der Waals surface area contributed by atoms with Crippen molar-refractivity contribution in [1.82, 2.24) is 19.7 Å². The van der Waals surface area contributed by atoms with Crippen molar-refractivity contribution in [2.75, 3.05) is 43.1 Å². The molecule has 2 aromatic rings. The van der Waals surface area contributed by atoms with Gasteiger partial charge in [-0.2, -0.15) is 5.10 Å². The number of anilines is 2. The summed E-state index contributed by atoms with van der Waals surface area (Å²) in [4.78, 5) is 24.5. The van der Waals surface area contributed by atoms with Crippen LogP contribution in [0.5, 0.6) is 5.75 Å². The lowest BCUT2D eigenvalue weighted by molar-refractivity contribution is 0.410. The second kappa shape index (κ2) is 6.00. The molecule has 0 bridgehead atoms. The molecule has 0 amide bonds. The molecule has 0 aromatic carbocycles. The van der Waals surface area contributed by atoms with Gasteiger partial charge in [0.1, 0.15) is 0 Å². The van der Waals surface area contributed by atoms with E-state index >= 15 is 0 Å². The summed E-state index contributed by atoms with van der Waals surface area (Å²) in [6.07, 6.45) is 5.06. The van der Waals surface area contributed by atoms with Crippen LogP contribution in [0.15, 0.2) is 29.5 Å². The van der Waals surface area contributed by atoms with Gasteiger partial charge in [0, 0.05) is 39.3 Å². The van der Waals surface area contributed by atoms with E-state index in [2.05, 4.69) is 24.9 Å². The Morgan fingerprint density at radius 3 is 2.27 bits per heavy atom. The van der Waals surface area contributed by atoms with Crippen LogP contribution < -0.4 is 20.1 Å². The van der Waals surface area contributed by atoms with Gasteiger partial charge >= 0.3 is 0 Å². The van der Waals surface area contributed by atoms with E-state index in [1.807, 2.05) is 0 Å². The van der Waals surface area contributed by atoms with Gasteiger partial charge < -0.3 is 14.5 Å². The highest BCUT2D eigenvalue weighted by Gasteiger charge is 2.19. The minimum Gasteiger partial charge on any atom is -0.494 e. The smallest absolute Gasteiger partial charge is 0.268 e. The third kappa shape index (κ3) is 2.85. The molecule has 22 heavy (non-hydrogen) atoms. The van der Waals surface area contributed by atoms with Crippen molar-refractivity contribution < 1.29 is 4.74 Å². The van der Waals surface area contributed by atoms with E-state index in [4.69, 9.17) is 4.74 Å². The molecule has 1 aliphatic heterocycles. The molecular formula is C14H18N6O2. The summed E-state index contributed by atoms with van der Waals surface area (Å²) in [5, 5.41) is 4.06. The molecule has 3 rings (SSSR count). The number of aryl methyl sites for hydroxylation is 1. The summed E-state index contributed by atoms with van der Waals surface area (Å²) in [6, 6.07) is 1.62. The summed E-state index contributed by atoms with van der Waals surface area (Å²) < 4.78 is 6.39. The van der Waals surface area contributed by atoms with Crippen molar-refractivity contribution >= 4 is 11.6 Å². The fourth-order valence-electron chi connectivity index (χ4n) is 2.38. The quantitative estimate of drug-likeness (QED) is 0.784. The van der Waals surface area contributed by atoms with Crippen molar-refractivity contribution in [2.24, 2.45) is 7.05 Å². The summed E-state index contributed by atoms with van der Waals surface area (Å²) in [6.45, 7) is 3.18. The number of piperazine rings is 1. The van der Waals surface area contributed by atoms with E-state index in [0.717, 1.165) is 31.9 Å². The van der Waals surface area contributed by atoms with Crippen molar-refractivity contribution in [3.05, 3.63) is 35.0 Å². The van der Waals surface area contributed by atoms with Crippen LogP contribution in [0.1, 0.15) is 0 Å². The largest absolute Gasteiger partial charge is 0.494 e. The molecule has 0 spiro atoms. The topological polar surface area (TPSA) is 76.4 Å². The molecule has 0 unspecified atom stereocenters. The maximum Gasteiger partial charge on any atom is 0.268 e. The SMILES string of the molecule is COc1cnc(N2CCN(c3cnn(C)c(=O)c3)CC2)nc1. The maximum atomic E-state index is 11.7. The zero-order valence-corrected chi connectivity index (χ0v) is 12.6. The van der Waals surface area contributed by atoms with E-state index in [1.54, 1.807) is 38.8 Å². The predicted octanol–water partition coefficient (Wildman–Crippen LogP) is -0.0945. The monoisotopic (exact) mass is 302 g/mol. The lowest BCUT2D eigenvalue weighted by Crippen LogP contribution is -2.47. The van der Waals surface area contributed by atoms with E-state index in [-0.39, 0.29) is 5.56 Å². The lowest BCUT2D eigenvalue weighted by atomic mass is 10.3. The first-order valence-corrected chi connectivity index (χ1v) is 7.06. The molecule has 3 heterocycles. The average molecular weight is 302 g/mol. The van der Waals surface area contributed by atoms with Crippen LogP contribution in [-0.4, -0.2) is 53.0 Å². The fourth-order valence-corrected chi connectivity index (χ4v) is 2.38. The van der Waals surface area contributed by atoms with Gasteiger partial charge in [-0.15, -0.1) is 0 Å². The van der Waals surface area contributed by atoms with E-state index < -0.39 is 0 Å². The zero-order valence-electron chi connectivity index (χ0n) is 12.6. The number of ether oxygens (including phenoxy) is 1. The highest BCUT2D eigenvalue weighted by atomic mass is 16.5. The Morgan fingerprint density at radius 1 is 1.05 bits per heavy atom. The van der Waals surface area contributed by atoms with Crippen LogP contribution in [-0.2, 0) is 7.05 Å². The molecule has 1 aliphatic rings. The van der Waals surface area contributed by atoms with Crippen LogP contribution in [0.4, 0.5) is 11.6 Å². The minimum atomic E-state index is -0.0987. The molecule has 0 N–H and O–H groups in total. The number of methoxy groups -OCH3 is 1. The zero-order chi connectivity index (χ0) is 15.5. The number of hydrogen-bond acceptors (Lipinski definition) is 7.